The van der Waals surface area contributed by atoms with Crippen molar-refractivity contribution in [2.24, 2.45) is 0 Å². The van der Waals surface area contributed by atoms with E-state index in [2.05, 4.69) is 24.3 Å². The van der Waals surface area contributed by atoms with Gasteiger partial charge in [-0.1, -0.05) is 67.6 Å². The van der Waals surface area contributed by atoms with Crippen molar-refractivity contribution in [1.29, 1.82) is 0 Å². The molecule has 0 saturated carbocycles. The lowest BCUT2D eigenvalue weighted by Gasteiger charge is -2.22. The Labute approximate surface area is 127 Å². The van der Waals surface area contributed by atoms with Crippen LogP contribution in [0.1, 0.15) is 37.0 Å². The molecule has 0 aliphatic carbocycles. The molecule has 0 aliphatic heterocycles. The molecule has 0 saturated heterocycles. The Kier molecular flexibility index (Phi) is 6.45. The lowest BCUT2D eigenvalue weighted by atomic mass is 10.0. The van der Waals surface area contributed by atoms with Crippen molar-refractivity contribution >= 4 is 0 Å². The normalized spacial score (nSPS) is 13.8. The summed E-state index contributed by atoms with van der Waals surface area (Å²) in [5.41, 5.74) is 2.25. The van der Waals surface area contributed by atoms with Crippen LogP contribution in [0.3, 0.4) is 0 Å². The Hall–Kier alpha value is -1.64. The number of benzene rings is 2. The number of ether oxygens (including phenoxy) is 1. The van der Waals surface area contributed by atoms with Crippen molar-refractivity contribution in [2.75, 3.05) is 6.61 Å². The number of hydrogen-bond acceptors (Lipinski definition) is 2. The Bertz CT molecular complexity index is 495. The smallest absolute Gasteiger partial charge is 0.105 e. The highest BCUT2D eigenvalue weighted by Crippen LogP contribution is 2.21. The zero-order valence-electron chi connectivity index (χ0n) is 12.6. The molecule has 112 valence electrons. The molecule has 0 spiro atoms. The summed E-state index contributed by atoms with van der Waals surface area (Å²) in [6, 6.07) is 20.2. The largest absolute Gasteiger partial charge is 0.386 e. The first kappa shape index (κ1) is 15.7. The molecule has 2 aromatic rings. The molecule has 0 aliphatic rings. The van der Waals surface area contributed by atoms with Crippen molar-refractivity contribution in [2.45, 2.75) is 38.4 Å². The van der Waals surface area contributed by atoms with Crippen LogP contribution in [-0.2, 0) is 11.2 Å². The summed E-state index contributed by atoms with van der Waals surface area (Å²) in [5, 5.41) is 10.4. The van der Waals surface area contributed by atoms with E-state index in [4.69, 9.17) is 4.74 Å². The molecule has 2 aromatic carbocycles. The number of rotatable bonds is 8. The van der Waals surface area contributed by atoms with Gasteiger partial charge < -0.3 is 9.84 Å². The molecule has 0 heterocycles. The van der Waals surface area contributed by atoms with Gasteiger partial charge in [0.15, 0.2) is 0 Å². The molecule has 0 radical (unpaired) electrons. The molecule has 2 unspecified atom stereocenters. The van der Waals surface area contributed by atoms with E-state index in [0.717, 1.165) is 24.8 Å². The highest BCUT2D eigenvalue weighted by atomic mass is 16.5. The monoisotopic (exact) mass is 284 g/mol. The molecule has 0 bridgehead atoms. The molecule has 1 N–H and O–H groups in total. The van der Waals surface area contributed by atoms with Gasteiger partial charge in [-0.25, -0.2) is 0 Å². The highest BCUT2D eigenvalue weighted by molar-refractivity contribution is 5.18. The third-order valence-electron chi connectivity index (χ3n) is 3.68. The zero-order chi connectivity index (χ0) is 14.9. The third kappa shape index (κ3) is 5.00. The zero-order valence-corrected chi connectivity index (χ0v) is 12.6. The van der Waals surface area contributed by atoms with Crippen LogP contribution in [0.2, 0.25) is 0 Å². The predicted molar refractivity (Wildman–Crippen MR) is 86.2 cm³/mol. The first-order valence-corrected chi connectivity index (χ1v) is 7.69. The molecule has 0 amide bonds. The molecule has 0 fully saturated rings. The summed E-state index contributed by atoms with van der Waals surface area (Å²) in [4.78, 5) is 0. The number of aliphatic hydroxyl groups is 1. The Balaban J connectivity index is 1.77. The van der Waals surface area contributed by atoms with E-state index in [1.807, 2.05) is 43.3 Å². The number of hydrogen-bond donors (Lipinski definition) is 1. The fourth-order valence-corrected chi connectivity index (χ4v) is 2.45. The van der Waals surface area contributed by atoms with Crippen molar-refractivity contribution in [1.82, 2.24) is 0 Å². The SMILES string of the molecule is CCC(OCCCc1ccccc1)C(O)c1ccccc1. The quantitative estimate of drug-likeness (QED) is 0.738. The second kappa shape index (κ2) is 8.60. The second-order valence-electron chi connectivity index (χ2n) is 5.26. The van der Waals surface area contributed by atoms with Crippen LogP contribution < -0.4 is 0 Å². The molecule has 2 atom stereocenters. The third-order valence-corrected chi connectivity index (χ3v) is 3.68. The number of aryl methyl sites for hydroxylation is 1. The lowest BCUT2D eigenvalue weighted by molar-refractivity contribution is -0.0411. The number of aliphatic hydroxyl groups excluding tert-OH is 1. The summed E-state index contributed by atoms with van der Waals surface area (Å²) in [6.07, 6.45) is 2.11. The summed E-state index contributed by atoms with van der Waals surface area (Å²) in [7, 11) is 0. The van der Waals surface area contributed by atoms with Crippen LogP contribution in [0, 0.1) is 0 Å². The van der Waals surface area contributed by atoms with E-state index in [1.54, 1.807) is 0 Å². The molecule has 0 aromatic heterocycles. The Morgan fingerprint density at radius 3 is 2.19 bits per heavy atom. The Morgan fingerprint density at radius 1 is 0.952 bits per heavy atom. The van der Waals surface area contributed by atoms with Crippen LogP contribution in [0.5, 0.6) is 0 Å². The molecule has 21 heavy (non-hydrogen) atoms. The lowest BCUT2D eigenvalue weighted by Crippen LogP contribution is -2.22. The van der Waals surface area contributed by atoms with Crippen molar-refractivity contribution in [3.8, 4) is 0 Å². The van der Waals surface area contributed by atoms with Crippen LogP contribution in [0.15, 0.2) is 60.7 Å². The standard InChI is InChI=1S/C19H24O2/c1-2-18(19(20)17-13-7-4-8-14-17)21-15-9-12-16-10-5-3-6-11-16/h3-8,10-11,13-14,18-20H,2,9,12,15H2,1H3. The maximum Gasteiger partial charge on any atom is 0.105 e. The minimum Gasteiger partial charge on any atom is -0.386 e. The topological polar surface area (TPSA) is 29.5 Å². The van der Waals surface area contributed by atoms with Crippen LogP contribution in [-0.4, -0.2) is 17.8 Å². The molecule has 2 nitrogen and oxygen atoms in total. The maximum atomic E-state index is 10.4. The van der Waals surface area contributed by atoms with E-state index >= 15 is 0 Å². The second-order valence-corrected chi connectivity index (χ2v) is 5.26. The van der Waals surface area contributed by atoms with E-state index in [1.165, 1.54) is 5.56 Å². The first-order valence-electron chi connectivity index (χ1n) is 7.69. The van der Waals surface area contributed by atoms with Gasteiger partial charge in [0.25, 0.3) is 0 Å². The van der Waals surface area contributed by atoms with E-state index in [-0.39, 0.29) is 6.10 Å². The van der Waals surface area contributed by atoms with Crippen LogP contribution in [0.4, 0.5) is 0 Å². The van der Waals surface area contributed by atoms with Crippen LogP contribution >= 0.6 is 0 Å². The van der Waals surface area contributed by atoms with Gasteiger partial charge >= 0.3 is 0 Å². The maximum absolute atomic E-state index is 10.4. The van der Waals surface area contributed by atoms with E-state index < -0.39 is 6.10 Å². The molecular formula is C19H24O2. The van der Waals surface area contributed by atoms with E-state index in [0.29, 0.717) is 6.61 Å². The summed E-state index contributed by atoms with van der Waals surface area (Å²) in [5.74, 6) is 0. The fourth-order valence-electron chi connectivity index (χ4n) is 2.45. The fraction of sp³-hybridized carbons (Fsp3) is 0.368. The van der Waals surface area contributed by atoms with Crippen molar-refractivity contribution in [3.63, 3.8) is 0 Å². The summed E-state index contributed by atoms with van der Waals surface area (Å²) >= 11 is 0. The van der Waals surface area contributed by atoms with Gasteiger partial charge in [-0.05, 0) is 30.4 Å². The van der Waals surface area contributed by atoms with Crippen molar-refractivity contribution in [3.05, 3.63) is 71.8 Å². The van der Waals surface area contributed by atoms with Crippen LogP contribution in [0.25, 0.3) is 0 Å². The molecular weight excluding hydrogens is 260 g/mol. The van der Waals surface area contributed by atoms with Gasteiger partial charge in [0.2, 0.25) is 0 Å². The molecule has 2 heteroatoms. The van der Waals surface area contributed by atoms with E-state index in [9.17, 15) is 5.11 Å². The average molecular weight is 284 g/mol. The van der Waals surface area contributed by atoms with Crippen molar-refractivity contribution < 1.29 is 9.84 Å². The van der Waals surface area contributed by atoms with Gasteiger partial charge in [0.1, 0.15) is 6.10 Å². The minimum absolute atomic E-state index is 0.136. The summed E-state index contributed by atoms with van der Waals surface area (Å²) in [6.45, 7) is 2.73. The predicted octanol–water partition coefficient (Wildman–Crippen LogP) is 4.15. The first-order chi connectivity index (χ1) is 10.3. The Morgan fingerprint density at radius 2 is 1.57 bits per heavy atom. The van der Waals surface area contributed by atoms with Gasteiger partial charge in [-0.15, -0.1) is 0 Å². The highest BCUT2D eigenvalue weighted by Gasteiger charge is 2.19. The average Bonchev–Trinajstić information content (AvgIpc) is 2.56. The summed E-state index contributed by atoms with van der Waals surface area (Å²) < 4.78 is 5.88. The van der Waals surface area contributed by atoms with Gasteiger partial charge in [0.05, 0.1) is 6.10 Å². The van der Waals surface area contributed by atoms with Gasteiger partial charge in [-0.2, -0.15) is 0 Å². The van der Waals surface area contributed by atoms with Gasteiger partial charge in [-0.3, -0.25) is 0 Å². The minimum atomic E-state index is -0.548. The molecule has 2 rings (SSSR count). The van der Waals surface area contributed by atoms with Gasteiger partial charge in [0, 0.05) is 6.61 Å².